The summed E-state index contributed by atoms with van der Waals surface area (Å²) in [5, 5.41) is 0. The van der Waals surface area contributed by atoms with E-state index in [9.17, 15) is 4.79 Å². The van der Waals surface area contributed by atoms with Crippen molar-refractivity contribution in [3.63, 3.8) is 0 Å². The van der Waals surface area contributed by atoms with Crippen LogP contribution in [0.15, 0.2) is 0 Å². The van der Waals surface area contributed by atoms with Gasteiger partial charge in [0.2, 0.25) is 5.79 Å². The molecule has 0 fully saturated rings. The predicted molar refractivity (Wildman–Crippen MR) is 93.1 cm³/mol. The molecule has 0 rings (SSSR count). The molecular formula is C19H38O3. The van der Waals surface area contributed by atoms with E-state index < -0.39 is 5.79 Å². The lowest BCUT2D eigenvalue weighted by Crippen LogP contribution is -2.35. The highest BCUT2D eigenvalue weighted by molar-refractivity contribution is 5.59. The molecule has 0 saturated carbocycles. The molecule has 0 aliphatic heterocycles. The molecule has 0 aromatic carbocycles. The summed E-state index contributed by atoms with van der Waals surface area (Å²) in [5.41, 5.74) is 0. The van der Waals surface area contributed by atoms with Crippen molar-refractivity contribution in [3.8, 4) is 0 Å². The summed E-state index contributed by atoms with van der Waals surface area (Å²) in [6, 6.07) is 0. The Labute approximate surface area is 138 Å². The number of carbonyl (C=O) groups excluding carboxylic acids is 1. The van der Waals surface area contributed by atoms with Crippen molar-refractivity contribution in [3.05, 3.63) is 0 Å². The largest absolute Gasteiger partial charge is 0.347 e. The average Bonchev–Trinajstić information content (AvgIpc) is 2.56. The minimum atomic E-state index is -1.02. The monoisotopic (exact) mass is 314 g/mol. The molecular weight excluding hydrogens is 276 g/mol. The second kappa shape index (κ2) is 15.5. The van der Waals surface area contributed by atoms with Crippen molar-refractivity contribution in [2.24, 2.45) is 0 Å². The van der Waals surface area contributed by atoms with Crippen LogP contribution in [0.5, 0.6) is 0 Å². The van der Waals surface area contributed by atoms with E-state index in [4.69, 9.17) is 9.47 Å². The Balaban J connectivity index is 3.28. The smallest absolute Gasteiger partial charge is 0.225 e. The third-order valence-electron chi connectivity index (χ3n) is 4.50. The van der Waals surface area contributed by atoms with Crippen molar-refractivity contribution in [1.82, 2.24) is 0 Å². The first kappa shape index (κ1) is 21.6. The Bertz CT molecular complexity index is 237. The van der Waals surface area contributed by atoms with Gasteiger partial charge < -0.3 is 9.47 Å². The van der Waals surface area contributed by atoms with Gasteiger partial charge in [-0.3, -0.25) is 4.79 Å². The molecule has 0 unspecified atom stereocenters. The van der Waals surface area contributed by atoms with Crippen molar-refractivity contribution < 1.29 is 14.3 Å². The molecule has 0 saturated heterocycles. The van der Waals surface area contributed by atoms with Gasteiger partial charge in [0.25, 0.3) is 0 Å². The molecule has 0 spiro atoms. The fourth-order valence-electron chi connectivity index (χ4n) is 2.83. The van der Waals surface area contributed by atoms with Gasteiger partial charge in [0, 0.05) is 20.6 Å². The predicted octanol–water partition coefficient (Wildman–Crippen LogP) is 5.66. The standard InChI is InChI=1S/C19H38O3/c1-4-5-6-7-8-9-10-11-12-13-14-15-16-17-19(18-20,21-2)22-3/h18H,4-17H2,1-3H3. The summed E-state index contributed by atoms with van der Waals surface area (Å²) >= 11 is 0. The van der Waals surface area contributed by atoms with Crippen molar-refractivity contribution in [2.45, 2.75) is 103 Å². The van der Waals surface area contributed by atoms with E-state index in [0.29, 0.717) is 6.42 Å². The van der Waals surface area contributed by atoms with E-state index in [2.05, 4.69) is 6.92 Å². The molecule has 0 amide bonds. The first-order valence-electron chi connectivity index (χ1n) is 9.31. The van der Waals surface area contributed by atoms with Gasteiger partial charge in [-0.25, -0.2) is 0 Å². The minimum absolute atomic E-state index is 0.654. The molecule has 0 heterocycles. The molecule has 132 valence electrons. The summed E-state index contributed by atoms with van der Waals surface area (Å²) in [4.78, 5) is 11.0. The lowest BCUT2D eigenvalue weighted by molar-refractivity contribution is -0.198. The molecule has 0 N–H and O–H groups in total. The van der Waals surface area contributed by atoms with Crippen LogP contribution in [0.1, 0.15) is 96.8 Å². The Morgan fingerprint density at radius 2 is 1.05 bits per heavy atom. The normalized spacial score (nSPS) is 11.8. The number of aldehydes is 1. The van der Waals surface area contributed by atoms with Gasteiger partial charge in [-0.1, -0.05) is 84.0 Å². The van der Waals surface area contributed by atoms with Crippen LogP contribution in [-0.4, -0.2) is 26.3 Å². The lowest BCUT2D eigenvalue weighted by atomic mass is 10.0. The molecule has 0 aliphatic rings. The van der Waals surface area contributed by atoms with E-state index in [1.807, 2.05) is 0 Å². The van der Waals surface area contributed by atoms with Gasteiger partial charge in [0.1, 0.15) is 0 Å². The number of hydrogen-bond acceptors (Lipinski definition) is 3. The second-order valence-corrected chi connectivity index (χ2v) is 6.33. The Morgan fingerprint density at radius 1 is 0.682 bits per heavy atom. The fourth-order valence-corrected chi connectivity index (χ4v) is 2.83. The summed E-state index contributed by atoms with van der Waals surface area (Å²) < 4.78 is 10.3. The molecule has 0 atom stereocenters. The quantitative estimate of drug-likeness (QED) is 0.197. The van der Waals surface area contributed by atoms with Crippen LogP contribution in [0.3, 0.4) is 0 Å². The highest BCUT2D eigenvalue weighted by atomic mass is 16.7. The van der Waals surface area contributed by atoms with E-state index in [1.54, 1.807) is 0 Å². The molecule has 22 heavy (non-hydrogen) atoms. The second-order valence-electron chi connectivity index (χ2n) is 6.33. The molecule has 0 aromatic rings. The number of methoxy groups -OCH3 is 2. The van der Waals surface area contributed by atoms with E-state index >= 15 is 0 Å². The minimum Gasteiger partial charge on any atom is -0.347 e. The number of unbranched alkanes of at least 4 members (excludes halogenated alkanes) is 12. The van der Waals surface area contributed by atoms with Crippen molar-refractivity contribution >= 4 is 6.29 Å². The van der Waals surface area contributed by atoms with Crippen molar-refractivity contribution in [2.75, 3.05) is 14.2 Å². The maximum atomic E-state index is 11.0. The van der Waals surface area contributed by atoms with Crippen LogP contribution >= 0.6 is 0 Å². The van der Waals surface area contributed by atoms with Crippen LogP contribution in [0.2, 0.25) is 0 Å². The van der Waals surface area contributed by atoms with Gasteiger partial charge >= 0.3 is 0 Å². The van der Waals surface area contributed by atoms with Crippen molar-refractivity contribution in [1.29, 1.82) is 0 Å². The van der Waals surface area contributed by atoms with Gasteiger partial charge in [-0.2, -0.15) is 0 Å². The summed E-state index contributed by atoms with van der Waals surface area (Å²) in [5.74, 6) is -1.02. The Hall–Kier alpha value is -0.410. The van der Waals surface area contributed by atoms with Crippen LogP contribution in [0.25, 0.3) is 0 Å². The summed E-state index contributed by atoms with van der Waals surface area (Å²) in [6.07, 6.45) is 18.6. The third kappa shape index (κ3) is 11.2. The zero-order valence-corrected chi connectivity index (χ0v) is 15.2. The number of carbonyl (C=O) groups is 1. The maximum absolute atomic E-state index is 11.0. The molecule has 0 radical (unpaired) electrons. The zero-order chi connectivity index (χ0) is 16.5. The topological polar surface area (TPSA) is 35.5 Å². The number of rotatable bonds is 17. The van der Waals surface area contributed by atoms with E-state index in [-0.39, 0.29) is 0 Å². The van der Waals surface area contributed by atoms with Crippen LogP contribution < -0.4 is 0 Å². The third-order valence-corrected chi connectivity index (χ3v) is 4.50. The first-order chi connectivity index (χ1) is 10.7. The van der Waals surface area contributed by atoms with Gasteiger partial charge in [0.15, 0.2) is 6.29 Å². The number of ether oxygens (including phenoxy) is 2. The first-order valence-corrected chi connectivity index (χ1v) is 9.31. The van der Waals surface area contributed by atoms with Crippen LogP contribution in [-0.2, 0) is 14.3 Å². The van der Waals surface area contributed by atoms with Crippen LogP contribution in [0.4, 0.5) is 0 Å². The lowest BCUT2D eigenvalue weighted by Gasteiger charge is -2.24. The van der Waals surface area contributed by atoms with Gasteiger partial charge in [-0.15, -0.1) is 0 Å². The van der Waals surface area contributed by atoms with E-state index in [0.717, 1.165) is 19.1 Å². The highest BCUT2D eigenvalue weighted by Gasteiger charge is 2.27. The summed E-state index contributed by atoms with van der Waals surface area (Å²) in [7, 11) is 3.06. The highest BCUT2D eigenvalue weighted by Crippen LogP contribution is 2.19. The fraction of sp³-hybridized carbons (Fsp3) is 0.947. The average molecular weight is 315 g/mol. The Morgan fingerprint density at radius 3 is 1.36 bits per heavy atom. The molecule has 3 nitrogen and oxygen atoms in total. The molecule has 0 aromatic heterocycles. The molecule has 0 aliphatic carbocycles. The Kier molecular flexibility index (Phi) is 15.2. The van der Waals surface area contributed by atoms with Gasteiger partial charge in [-0.05, 0) is 6.42 Å². The zero-order valence-electron chi connectivity index (χ0n) is 15.2. The molecule has 0 bridgehead atoms. The van der Waals surface area contributed by atoms with Crippen LogP contribution in [0, 0.1) is 0 Å². The molecule has 3 heteroatoms. The van der Waals surface area contributed by atoms with E-state index in [1.165, 1.54) is 84.8 Å². The van der Waals surface area contributed by atoms with Gasteiger partial charge in [0.05, 0.1) is 0 Å². The number of hydrogen-bond donors (Lipinski definition) is 0. The maximum Gasteiger partial charge on any atom is 0.225 e. The summed E-state index contributed by atoms with van der Waals surface area (Å²) in [6.45, 7) is 2.27. The SMILES string of the molecule is CCCCCCCCCCCCCCCC(C=O)(OC)OC.